The molecule has 0 saturated carbocycles. The zero-order valence-corrected chi connectivity index (χ0v) is 13.0. The molecule has 21 heavy (non-hydrogen) atoms. The summed E-state index contributed by atoms with van der Waals surface area (Å²) in [4.78, 5) is 11.8. The number of ether oxygens (including phenoxy) is 1. The number of carbonyl (C=O) groups excluding carboxylic acids is 1. The summed E-state index contributed by atoms with van der Waals surface area (Å²) in [7, 11) is 0. The van der Waals surface area contributed by atoms with Crippen LogP contribution in [-0.2, 0) is 4.79 Å². The summed E-state index contributed by atoms with van der Waals surface area (Å²) in [5, 5.41) is 6.00. The summed E-state index contributed by atoms with van der Waals surface area (Å²) in [5.74, 6) is 0.269. The fraction of sp³-hybridized carbons (Fsp3) is 0.533. The quantitative estimate of drug-likeness (QED) is 0.848. The van der Waals surface area contributed by atoms with Gasteiger partial charge in [-0.2, -0.15) is 0 Å². The lowest BCUT2D eigenvalue weighted by Crippen LogP contribution is -2.15. The van der Waals surface area contributed by atoms with Gasteiger partial charge in [-0.15, -0.1) is 12.4 Å². The van der Waals surface area contributed by atoms with Gasteiger partial charge >= 0.3 is 0 Å². The van der Waals surface area contributed by atoms with Crippen LogP contribution in [0.1, 0.15) is 26.2 Å². The molecule has 1 amide bonds. The maximum Gasteiger partial charge on any atom is 0.224 e. The molecule has 4 nitrogen and oxygen atoms in total. The largest absolute Gasteiger partial charge is 0.491 e. The van der Waals surface area contributed by atoms with Crippen LogP contribution in [0.5, 0.6) is 5.75 Å². The van der Waals surface area contributed by atoms with E-state index in [1.165, 1.54) is 12.1 Å². The second-order valence-electron chi connectivity index (χ2n) is 5.02. The first-order valence-electron chi connectivity index (χ1n) is 7.12. The molecule has 1 aromatic rings. The molecule has 2 rings (SSSR count). The maximum atomic E-state index is 13.6. The fourth-order valence-corrected chi connectivity index (χ4v) is 2.37. The molecule has 1 fully saturated rings. The van der Waals surface area contributed by atoms with Crippen molar-refractivity contribution in [1.29, 1.82) is 0 Å². The van der Waals surface area contributed by atoms with Crippen LogP contribution in [0.25, 0.3) is 0 Å². The third kappa shape index (κ3) is 5.52. The molecule has 1 aliphatic heterocycles. The Balaban J connectivity index is 0.00000220. The predicted octanol–water partition coefficient (Wildman–Crippen LogP) is 2.97. The molecule has 2 N–H and O–H groups in total. The van der Waals surface area contributed by atoms with Crippen LogP contribution in [0.3, 0.4) is 0 Å². The van der Waals surface area contributed by atoms with Gasteiger partial charge in [0.25, 0.3) is 0 Å². The highest BCUT2D eigenvalue weighted by atomic mass is 35.5. The van der Waals surface area contributed by atoms with Crippen LogP contribution in [0.15, 0.2) is 18.2 Å². The van der Waals surface area contributed by atoms with E-state index in [1.54, 1.807) is 13.0 Å². The van der Waals surface area contributed by atoms with E-state index in [4.69, 9.17) is 4.74 Å². The van der Waals surface area contributed by atoms with Gasteiger partial charge in [-0.3, -0.25) is 4.79 Å². The van der Waals surface area contributed by atoms with E-state index in [9.17, 15) is 9.18 Å². The van der Waals surface area contributed by atoms with E-state index >= 15 is 0 Å². The number of nitrogens with one attached hydrogen (secondary N) is 2. The van der Waals surface area contributed by atoms with Crippen molar-refractivity contribution in [2.24, 2.45) is 5.92 Å². The van der Waals surface area contributed by atoms with Crippen molar-refractivity contribution in [2.75, 3.05) is 25.0 Å². The first-order valence-corrected chi connectivity index (χ1v) is 7.12. The second-order valence-corrected chi connectivity index (χ2v) is 5.02. The normalized spacial score (nSPS) is 17.1. The molecule has 0 spiro atoms. The molecule has 1 unspecified atom stereocenters. The van der Waals surface area contributed by atoms with Crippen molar-refractivity contribution in [2.45, 2.75) is 26.2 Å². The van der Waals surface area contributed by atoms with E-state index < -0.39 is 5.82 Å². The van der Waals surface area contributed by atoms with Crippen LogP contribution >= 0.6 is 12.4 Å². The number of anilines is 1. The minimum Gasteiger partial charge on any atom is -0.491 e. The average Bonchev–Trinajstić information content (AvgIpc) is 2.93. The Morgan fingerprint density at radius 2 is 2.33 bits per heavy atom. The third-order valence-electron chi connectivity index (χ3n) is 3.46. The zero-order valence-electron chi connectivity index (χ0n) is 12.2. The maximum absolute atomic E-state index is 13.6. The van der Waals surface area contributed by atoms with Crippen LogP contribution in [0.2, 0.25) is 0 Å². The lowest BCUT2D eigenvalue weighted by molar-refractivity contribution is -0.116. The molecule has 6 heteroatoms. The molecule has 0 aromatic heterocycles. The third-order valence-corrected chi connectivity index (χ3v) is 3.46. The molecule has 0 bridgehead atoms. The van der Waals surface area contributed by atoms with Crippen molar-refractivity contribution < 1.29 is 13.9 Å². The van der Waals surface area contributed by atoms with Gasteiger partial charge in [-0.1, -0.05) is 0 Å². The van der Waals surface area contributed by atoms with E-state index in [0.717, 1.165) is 25.9 Å². The van der Waals surface area contributed by atoms with Gasteiger partial charge in [0.15, 0.2) is 11.6 Å². The molecule has 0 aliphatic carbocycles. The fourth-order valence-electron chi connectivity index (χ4n) is 2.37. The number of hydrogen-bond acceptors (Lipinski definition) is 3. The van der Waals surface area contributed by atoms with Gasteiger partial charge in [0.2, 0.25) is 5.91 Å². The van der Waals surface area contributed by atoms with Gasteiger partial charge in [0, 0.05) is 18.2 Å². The molecule has 118 valence electrons. The Hall–Kier alpha value is -1.33. The average molecular weight is 317 g/mol. The number of rotatable bonds is 6. The SMILES string of the molecule is CCOc1ccc(NC(=O)CCC2CCNC2)cc1F.Cl. The van der Waals surface area contributed by atoms with Crippen molar-refractivity contribution in [1.82, 2.24) is 5.32 Å². The number of amides is 1. The van der Waals surface area contributed by atoms with Crippen molar-refractivity contribution in [3.63, 3.8) is 0 Å². The highest BCUT2D eigenvalue weighted by Crippen LogP contribution is 2.21. The molecular weight excluding hydrogens is 295 g/mol. The Kier molecular flexibility index (Phi) is 7.47. The molecular formula is C15H22ClFN2O2. The van der Waals surface area contributed by atoms with Crippen LogP contribution in [0.4, 0.5) is 10.1 Å². The van der Waals surface area contributed by atoms with Crippen molar-refractivity contribution in [3.05, 3.63) is 24.0 Å². The number of benzene rings is 1. The van der Waals surface area contributed by atoms with Crippen LogP contribution in [-0.4, -0.2) is 25.6 Å². The molecule has 1 saturated heterocycles. The zero-order chi connectivity index (χ0) is 14.4. The molecule has 1 aliphatic rings. The monoisotopic (exact) mass is 316 g/mol. The summed E-state index contributed by atoms with van der Waals surface area (Å²) in [6.45, 7) is 4.24. The lowest BCUT2D eigenvalue weighted by Gasteiger charge is -2.10. The Labute approximate surface area is 130 Å². The standard InChI is InChI=1S/C15H21FN2O2.ClH/c1-2-20-14-5-4-12(9-13(14)16)18-15(19)6-3-11-7-8-17-10-11;/h4-5,9,11,17H,2-3,6-8,10H2,1H3,(H,18,19);1H. The number of carbonyl (C=O) groups is 1. The summed E-state index contributed by atoms with van der Waals surface area (Å²) in [5.41, 5.74) is 0.473. The highest BCUT2D eigenvalue weighted by Gasteiger charge is 2.16. The lowest BCUT2D eigenvalue weighted by atomic mass is 10.0. The first-order chi connectivity index (χ1) is 9.69. The van der Waals surface area contributed by atoms with E-state index in [0.29, 0.717) is 24.6 Å². The van der Waals surface area contributed by atoms with Crippen molar-refractivity contribution in [3.8, 4) is 5.75 Å². The van der Waals surface area contributed by atoms with Crippen LogP contribution in [0, 0.1) is 11.7 Å². The minimum atomic E-state index is -0.454. The summed E-state index contributed by atoms with van der Waals surface area (Å²) >= 11 is 0. The second kappa shape index (κ2) is 8.85. The topological polar surface area (TPSA) is 50.4 Å². The summed E-state index contributed by atoms with van der Waals surface area (Å²) in [6, 6.07) is 4.48. The molecule has 1 heterocycles. The van der Waals surface area contributed by atoms with Gasteiger partial charge < -0.3 is 15.4 Å². The van der Waals surface area contributed by atoms with E-state index in [2.05, 4.69) is 10.6 Å². The Morgan fingerprint density at radius 1 is 1.52 bits per heavy atom. The van der Waals surface area contributed by atoms with E-state index in [-0.39, 0.29) is 24.1 Å². The van der Waals surface area contributed by atoms with Gasteiger partial charge in [0.05, 0.1) is 6.61 Å². The number of halogens is 2. The van der Waals surface area contributed by atoms with E-state index in [1.807, 2.05) is 0 Å². The minimum absolute atomic E-state index is 0. The Bertz CT molecular complexity index is 465. The smallest absolute Gasteiger partial charge is 0.224 e. The highest BCUT2D eigenvalue weighted by molar-refractivity contribution is 5.90. The molecule has 0 radical (unpaired) electrons. The molecule has 1 aromatic carbocycles. The Morgan fingerprint density at radius 3 is 2.95 bits per heavy atom. The van der Waals surface area contributed by atoms with Gasteiger partial charge in [0.1, 0.15) is 0 Å². The summed E-state index contributed by atoms with van der Waals surface area (Å²) < 4.78 is 18.8. The molecule has 1 atom stereocenters. The first kappa shape index (κ1) is 17.7. The number of hydrogen-bond donors (Lipinski definition) is 2. The van der Waals surface area contributed by atoms with Gasteiger partial charge in [-0.25, -0.2) is 4.39 Å². The van der Waals surface area contributed by atoms with Gasteiger partial charge in [-0.05, 0) is 50.9 Å². The predicted molar refractivity (Wildman–Crippen MR) is 83.7 cm³/mol. The summed E-state index contributed by atoms with van der Waals surface area (Å²) in [6.07, 6.45) is 2.48. The van der Waals surface area contributed by atoms with Crippen molar-refractivity contribution >= 4 is 24.0 Å². The van der Waals surface area contributed by atoms with Crippen LogP contribution < -0.4 is 15.4 Å².